The Labute approximate surface area is 153 Å². The third-order valence-electron chi connectivity index (χ3n) is 5.10. The number of aromatic nitrogens is 3. The molecule has 0 radical (unpaired) electrons. The smallest absolute Gasteiger partial charge is 0.259 e. The first-order valence-electron chi connectivity index (χ1n) is 9.15. The minimum atomic E-state index is -0.0141. The molecule has 0 aromatic carbocycles. The van der Waals surface area contributed by atoms with Gasteiger partial charge in [0.05, 0.1) is 17.7 Å². The van der Waals surface area contributed by atoms with Crippen LogP contribution in [0.2, 0.25) is 0 Å². The lowest BCUT2D eigenvalue weighted by molar-refractivity contribution is 0.0680. The molecular weight excluding hydrogens is 332 g/mol. The number of piperidine rings is 1. The number of aryl methyl sites for hydroxylation is 2. The van der Waals surface area contributed by atoms with E-state index < -0.39 is 0 Å². The van der Waals surface area contributed by atoms with Crippen LogP contribution in [0.15, 0.2) is 21.7 Å². The van der Waals surface area contributed by atoms with Crippen molar-refractivity contribution in [2.24, 2.45) is 5.92 Å². The first-order valence-corrected chi connectivity index (χ1v) is 9.15. The molecule has 1 fully saturated rings. The van der Waals surface area contributed by atoms with E-state index in [4.69, 9.17) is 4.52 Å². The van der Waals surface area contributed by atoms with Crippen molar-refractivity contribution in [1.29, 1.82) is 0 Å². The molecule has 2 aromatic rings. The van der Waals surface area contributed by atoms with Crippen LogP contribution in [0.5, 0.6) is 0 Å². The van der Waals surface area contributed by atoms with Crippen molar-refractivity contribution in [3.63, 3.8) is 0 Å². The maximum absolute atomic E-state index is 12.7. The van der Waals surface area contributed by atoms with Crippen LogP contribution in [-0.4, -0.2) is 38.6 Å². The Morgan fingerprint density at radius 3 is 2.54 bits per heavy atom. The van der Waals surface area contributed by atoms with Crippen molar-refractivity contribution in [1.82, 2.24) is 19.6 Å². The van der Waals surface area contributed by atoms with Crippen LogP contribution in [0.3, 0.4) is 0 Å². The predicted molar refractivity (Wildman–Crippen MR) is 97.2 cm³/mol. The van der Waals surface area contributed by atoms with Crippen LogP contribution in [0.25, 0.3) is 0 Å². The molecule has 3 rings (SSSR count). The number of rotatable bonds is 4. The molecule has 140 valence electrons. The zero-order valence-electron chi connectivity index (χ0n) is 15.9. The number of likely N-dealkylation sites (tertiary alicyclic amines) is 1. The fourth-order valence-electron chi connectivity index (χ4n) is 3.44. The van der Waals surface area contributed by atoms with Gasteiger partial charge in [-0.05, 0) is 38.5 Å². The van der Waals surface area contributed by atoms with Crippen molar-refractivity contribution in [2.75, 3.05) is 13.1 Å². The second-order valence-electron chi connectivity index (χ2n) is 7.39. The summed E-state index contributed by atoms with van der Waals surface area (Å²) in [6.45, 7) is 9.61. The van der Waals surface area contributed by atoms with E-state index in [2.05, 4.69) is 10.1 Å². The number of nitrogens with zero attached hydrogens (tertiary/aromatic N) is 4. The van der Waals surface area contributed by atoms with Gasteiger partial charge in [-0.25, -0.2) is 4.98 Å². The molecule has 0 aliphatic carbocycles. The summed E-state index contributed by atoms with van der Waals surface area (Å²) in [6.07, 6.45) is 3.39. The van der Waals surface area contributed by atoms with Crippen molar-refractivity contribution >= 4 is 5.91 Å². The SMILES string of the molecule is Cc1noc(C)c1C(=O)N1CCC(Cn2cnc(C(C)C)cc2=O)CC1. The summed E-state index contributed by atoms with van der Waals surface area (Å²) >= 11 is 0. The molecule has 0 atom stereocenters. The molecule has 26 heavy (non-hydrogen) atoms. The minimum Gasteiger partial charge on any atom is -0.361 e. The van der Waals surface area contributed by atoms with Gasteiger partial charge in [0.15, 0.2) is 0 Å². The minimum absolute atomic E-state index is 0.00192. The molecule has 7 nitrogen and oxygen atoms in total. The predicted octanol–water partition coefficient (Wildman–Crippen LogP) is 2.52. The molecule has 0 bridgehead atoms. The molecule has 1 aliphatic rings. The van der Waals surface area contributed by atoms with E-state index in [-0.39, 0.29) is 17.4 Å². The van der Waals surface area contributed by atoms with Gasteiger partial charge in [-0.15, -0.1) is 0 Å². The van der Waals surface area contributed by atoms with Gasteiger partial charge in [-0.2, -0.15) is 0 Å². The molecule has 2 aromatic heterocycles. The van der Waals surface area contributed by atoms with Gasteiger partial charge in [0, 0.05) is 25.7 Å². The monoisotopic (exact) mass is 358 g/mol. The number of carbonyl (C=O) groups excluding carboxylic acids is 1. The van der Waals surface area contributed by atoms with Crippen molar-refractivity contribution in [3.8, 4) is 0 Å². The van der Waals surface area contributed by atoms with Crippen LogP contribution < -0.4 is 5.56 Å². The molecule has 3 heterocycles. The molecule has 1 amide bonds. The zero-order valence-corrected chi connectivity index (χ0v) is 15.9. The second kappa shape index (κ2) is 7.43. The van der Waals surface area contributed by atoms with E-state index in [9.17, 15) is 9.59 Å². The van der Waals surface area contributed by atoms with E-state index in [1.54, 1.807) is 30.8 Å². The Morgan fingerprint density at radius 1 is 1.31 bits per heavy atom. The molecule has 0 N–H and O–H groups in total. The molecule has 0 saturated carbocycles. The summed E-state index contributed by atoms with van der Waals surface area (Å²) in [4.78, 5) is 31.2. The van der Waals surface area contributed by atoms with Crippen molar-refractivity contribution < 1.29 is 9.32 Å². The molecule has 0 unspecified atom stereocenters. The fourth-order valence-corrected chi connectivity index (χ4v) is 3.44. The summed E-state index contributed by atoms with van der Waals surface area (Å²) in [5.74, 6) is 1.17. The van der Waals surface area contributed by atoms with Gasteiger partial charge in [0.25, 0.3) is 11.5 Å². The van der Waals surface area contributed by atoms with Crippen LogP contribution in [-0.2, 0) is 6.54 Å². The maximum Gasteiger partial charge on any atom is 0.259 e. The molecule has 1 saturated heterocycles. The van der Waals surface area contributed by atoms with Gasteiger partial charge in [0.1, 0.15) is 11.3 Å². The Hall–Kier alpha value is -2.44. The normalized spacial score (nSPS) is 15.7. The summed E-state index contributed by atoms with van der Waals surface area (Å²) in [7, 11) is 0. The molecule has 1 aliphatic heterocycles. The summed E-state index contributed by atoms with van der Waals surface area (Å²) in [6, 6.07) is 1.63. The average molecular weight is 358 g/mol. The van der Waals surface area contributed by atoms with Crippen LogP contribution in [0.4, 0.5) is 0 Å². The number of carbonyl (C=O) groups is 1. The highest BCUT2D eigenvalue weighted by Gasteiger charge is 2.27. The summed E-state index contributed by atoms with van der Waals surface area (Å²) in [5.41, 5.74) is 2.04. The lowest BCUT2D eigenvalue weighted by Crippen LogP contribution is -2.40. The Kier molecular flexibility index (Phi) is 5.25. The first kappa shape index (κ1) is 18.4. The Bertz CT molecular complexity index is 825. The molecular formula is C19H26N4O3. The van der Waals surface area contributed by atoms with E-state index in [0.717, 1.165) is 18.5 Å². The van der Waals surface area contributed by atoms with Crippen molar-refractivity contribution in [2.45, 2.75) is 53.0 Å². The summed E-state index contributed by atoms with van der Waals surface area (Å²) in [5, 5.41) is 3.86. The number of amides is 1. The van der Waals surface area contributed by atoms with E-state index >= 15 is 0 Å². The molecule has 7 heteroatoms. The van der Waals surface area contributed by atoms with Gasteiger partial charge in [0.2, 0.25) is 0 Å². The van der Waals surface area contributed by atoms with Crippen molar-refractivity contribution in [3.05, 3.63) is 45.5 Å². The topological polar surface area (TPSA) is 81.2 Å². The zero-order chi connectivity index (χ0) is 18.8. The van der Waals surface area contributed by atoms with Gasteiger partial charge < -0.3 is 9.42 Å². The Balaban J connectivity index is 1.61. The molecule has 0 spiro atoms. The highest BCUT2D eigenvalue weighted by molar-refractivity contribution is 5.96. The lowest BCUT2D eigenvalue weighted by atomic mass is 9.96. The quantitative estimate of drug-likeness (QED) is 0.839. The fraction of sp³-hybridized carbons (Fsp3) is 0.579. The van der Waals surface area contributed by atoms with Crippen LogP contribution in [0.1, 0.15) is 60.1 Å². The second-order valence-corrected chi connectivity index (χ2v) is 7.39. The Morgan fingerprint density at radius 2 is 2.00 bits per heavy atom. The van der Waals surface area contributed by atoms with Gasteiger partial charge in [-0.3, -0.25) is 14.2 Å². The van der Waals surface area contributed by atoms with Crippen LogP contribution >= 0.6 is 0 Å². The average Bonchev–Trinajstić information content (AvgIpc) is 2.95. The highest BCUT2D eigenvalue weighted by atomic mass is 16.5. The van der Waals surface area contributed by atoms with Gasteiger partial charge in [-0.1, -0.05) is 19.0 Å². The number of hydrogen-bond acceptors (Lipinski definition) is 5. The first-order chi connectivity index (χ1) is 12.4. The largest absolute Gasteiger partial charge is 0.361 e. The lowest BCUT2D eigenvalue weighted by Gasteiger charge is -2.32. The standard InChI is InChI=1S/C19H26N4O3/c1-12(2)16-9-17(24)23(11-20-16)10-15-5-7-22(8-6-15)19(25)18-13(3)21-26-14(18)4/h9,11-12,15H,5-8,10H2,1-4H3. The maximum atomic E-state index is 12.7. The third kappa shape index (κ3) is 3.71. The van der Waals surface area contributed by atoms with E-state index in [0.29, 0.717) is 42.6 Å². The highest BCUT2D eigenvalue weighted by Crippen LogP contribution is 2.22. The third-order valence-corrected chi connectivity index (χ3v) is 5.10. The number of hydrogen-bond donors (Lipinski definition) is 0. The van der Waals surface area contributed by atoms with E-state index in [1.165, 1.54) is 0 Å². The van der Waals surface area contributed by atoms with Crippen LogP contribution in [0, 0.1) is 19.8 Å². The summed E-state index contributed by atoms with van der Waals surface area (Å²) < 4.78 is 6.79. The van der Waals surface area contributed by atoms with Gasteiger partial charge >= 0.3 is 0 Å². The van der Waals surface area contributed by atoms with E-state index in [1.807, 2.05) is 18.7 Å².